The third-order valence-corrected chi connectivity index (χ3v) is 5.44. The van der Waals surface area contributed by atoms with Gasteiger partial charge in [-0.15, -0.1) is 0 Å². The summed E-state index contributed by atoms with van der Waals surface area (Å²) >= 11 is 0. The molecule has 1 unspecified atom stereocenters. The molecule has 0 amide bonds. The number of likely N-dealkylation sites (tertiary alicyclic amines) is 1. The van der Waals surface area contributed by atoms with Crippen molar-refractivity contribution in [2.75, 3.05) is 44.7 Å². The maximum Gasteiger partial charge on any atom is 0.191 e. The first-order valence-electron chi connectivity index (χ1n) is 10.6. The molecule has 0 radical (unpaired) electrons. The monoisotopic (exact) mass is 374 g/mol. The molecule has 2 heterocycles. The van der Waals surface area contributed by atoms with Gasteiger partial charge in [0.15, 0.2) is 5.96 Å². The van der Waals surface area contributed by atoms with E-state index in [-0.39, 0.29) is 0 Å². The van der Waals surface area contributed by atoms with E-state index in [0.29, 0.717) is 0 Å². The van der Waals surface area contributed by atoms with E-state index in [1.54, 1.807) is 0 Å². The first-order chi connectivity index (χ1) is 13.2. The Kier molecular flexibility index (Phi) is 9.39. The van der Waals surface area contributed by atoms with Gasteiger partial charge < -0.3 is 20.4 Å². The van der Waals surface area contributed by atoms with Crippen LogP contribution in [-0.2, 0) is 6.54 Å². The summed E-state index contributed by atoms with van der Waals surface area (Å²) in [4.78, 5) is 13.8. The Hall–Kier alpha value is -1.82. The number of hydrogen-bond acceptors (Lipinski definition) is 4. The van der Waals surface area contributed by atoms with Crippen molar-refractivity contribution in [1.29, 1.82) is 0 Å². The van der Waals surface area contributed by atoms with Gasteiger partial charge >= 0.3 is 0 Å². The van der Waals surface area contributed by atoms with Crippen LogP contribution in [0, 0.1) is 0 Å². The summed E-state index contributed by atoms with van der Waals surface area (Å²) in [5.41, 5.74) is 1.16. The van der Waals surface area contributed by atoms with E-state index in [0.717, 1.165) is 56.0 Å². The molecule has 1 atom stereocenters. The lowest BCUT2D eigenvalue weighted by Crippen LogP contribution is -2.41. The fraction of sp³-hybridized carbons (Fsp3) is 0.714. The predicted molar refractivity (Wildman–Crippen MR) is 116 cm³/mol. The van der Waals surface area contributed by atoms with Gasteiger partial charge in [0.1, 0.15) is 5.82 Å². The minimum Gasteiger partial charge on any atom is -0.357 e. The fourth-order valence-corrected chi connectivity index (χ4v) is 3.64. The van der Waals surface area contributed by atoms with Gasteiger partial charge in [0.25, 0.3) is 0 Å². The molecule has 152 valence electrons. The van der Waals surface area contributed by atoms with Gasteiger partial charge in [-0.05, 0) is 58.2 Å². The molecule has 0 spiro atoms. The maximum atomic E-state index is 4.58. The molecule has 0 bridgehead atoms. The molecule has 1 saturated heterocycles. The summed E-state index contributed by atoms with van der Waals surface area (Å²) in [7, 11) is 1.82. The summed E-state index contributed by atoms with van der Waals surface area (Å²) in [6.07, 6.45) is 7.17. The molecule has 1 aliphatic heterocycles. The number of nitrogens with one attached hydrogen (secondary N) is 2. The topological polar surface area (TPSA) is 55.8 Å². The quantitative estimate of drug-likeness (QED) is 0.395. The van der Waals surface area contributed by atoms with Crippen LogP contribution in [0.3, 0.4) is 0 Å². The minimum absolute atomic E-state index is 0.731. The Morgan fingerprint density at radius 1 is 1.26 bits per heavy atom. The van der Waals surface area contributed by atoms with Crippen molar-refractivity contribution in [2.24, 2.45) is 4.99 Å². The van der Waals surface area contributed by atoms with Gasteiger partial charge in [0.05, 0.1) is 0 Å². The Bertz CT molecular complexity index is 552. The second-order valence-electron chi connectivity index (χ2n) is 7.28. The zero-order chi connectivity index (χ0) is 19.5. The lowest BCUT2D eigenvalue weighted by molar-refractivity contribution is 0.159. The van der Waals surface area contributed by atoms with Crippen LogP contribution in [0.15, 0.2) is 23.3 Å². The number of aliphatic imine (C=N–C) groups is 1. The number of rotatable bonds is 9. The van der Waals surface area contributed by atoms with Crippen molar-refractivity contribution in [3.63, 3.8) is 0 Å². The number of hydrogen-bond donors (Lipinski definition) is 2. The van der Waals surface area contributed by atoms with Crippen LogP contribution in [0.25, 0.3) is 0 Å². The van der Waals surface area contributed by atoms with Crippen molar-refractivity contribution in [3.05, 3.63) is 23.9 Å². The summed E-state index contributed by atoms with van der Waals surface area (Å²) in [6, 6.07) is 4.97. The molecule has 0 aromatic carbocycles. The number of nitrogens with zero attached hydrogens (tertiary/aromatic N) is 4. The molecule has 0 saturated carbocycles. The molecule has 27 heavy (non-hydrogen) atoms. The van der Waals surface area contributed by atoms with Crippen LogP contribution in [0.4, 0.5) is 5.82 Å². The summed E-state index contributed by atoms with van der Waals surface area (Å²) in [6.45, 7) is 12.7. The molecule has 1 aromatic rings. The molecule has 1 aliphatic rings. The molecule has 2 N–H and O–H groups in total. The van der Waals surface area contributed by atoms with Crippen LogP contribution in [0.5, 0.6) is 0 Å². The zero-order valence-corrected chi connectivity index (χ0v) is 17.7. The molecule has 1 aromatic heterocycles. The van der Waals surface area contributed by atoms with Crippen LogP contribution in [0.2, 0.25) is 0 Å². The predicted octanol–water partition coefficient (Wildman–Crippen LogP) is 2.86. The largest absolute Gasteiger partial charge is 0.357 e. The molecular formula is C21H38N6. The molecule has 2 rings (SSSR count). The van der Waals surface area contributed by atoms with Gasteiger partial charge in [0, 0.05) is 52.0 Å². The highest BCUT2D eigenvalue weighted by molar-refractivity contribution is 5.79. The van der Waals surface area contributed by atoms with Crippen molar-refractivity contribution in [3.8, 4) is 0 Å². The lowest BCUT2D eigenvalue weighted by atomic mass is 10.0. The Balaban J connectivity index is 1.69. The van der Waals surface area contributed by atoms with Crippen molar-refractivity contribution < 1.29 is 0 Å². The summed E-state index contributed by atoms with van der Waals surface area (Å²) < 4.78 is 0. The van der Waals surface area contributed by atoms with Crippen molar-refractivity contribution >= 4 is 11.8 Å². The zero-order valence-electron chi connectivity index (χ0n) is 17.7. The highest BCUT2D eigenvalue weighted by atomic mass is 15.2. The van der Waals surface area contributed by atoms with E-state index < -0.39 is 0 Å². The number of piperidine rings is 1. The Morgan fingerprint density at radius 2 is 2.07 bits per heavy atom. The van der Waals surface area contributed by atoms with Gasteiger partial charge in [-0.1, -0.05) is 12.5 Å². The number of pyridine rings is 1. The Morgan fingerprint density at radius 3 is 2.70 bits per heavy atom. The first-order valence-corrected chi connectivity index (χ1v) is 10.6. The molecule has 1 fully saturated rings. The number of guanidine groups is 1. The number of aromatic nitrogens is 1. The second-order valence-corrected chi connectivity index (χ2v) is 7.28. The van der Waals surface area contributed by atoms with Crippen LogP contribution in [0.1, 0.15) is 52.0 Å². The van der Waals surface area contributed by atoms with E-state index >= 15 is 0 Å². The second kappa shape index (κ2) is 11.8. The highest BCUT2D eigenvalue weighted by Gasteiger charge is 2.17. The fourth-order valence-electron chi connectivity index (χ4n) is 3.64. The Labute approximate surface area is 165 Å². The normalized spacial score (nSPS) is 18.4. The van der Waals surface area contributed by atoms with Crippen LogP contribution in [-0.4, -0.2) is 61.7 Å². The molecule has 6 heteroatoms. The van der Waals surface area contributed by atoms with E-state index in [2.05, 4.69) is 63.3 Å². The van der Waals surface area contributed by atoms with E-state index in [9.17, 15) is 0 Å². The molecular weight excluding hydrogens is 336 g/mol. The standard InChI is InChI=1S/C21H38N6/c1-5-26(6-2)20-12-11-19(16-24-20)17-25-21(22-4)23-13-9-15-27-14-8-7-10-18(27)3/h11-12,16,18H,5-10,13-15,17H2,1-4H3,(H2,22,23,25). The third-order valence-electron chi connectivity index (χ3n) is 5.44. The van der Waals surface area contributed by atoms with E-state index in [1.165, 1.54) is 32.4 Å². The molecule has 6 nitrogen and oxygen atoms in total. The highest BCUT2D eigenvalue weighted by Crippen LogP contribution is 2.16. The molecule has 0 aliphatic carbocycles. The first kappa shape index (κ1) is 21.5. The SMILES string of the molecule is CCN(CC)c1ccc(CNC(=NC)NCCCN2CCCCC2C)cn1. The van der Waals surface area contributed by atoms with Gasteiger partial charge in [-0.25, -0.2) is 4.98 Å². The lowest BCUT2D eigenvalue weighted by Gasteiger charge is -2.33. The average molecular weight is 375 g/mol. The van der Waals surface area contributed by atoms with Crippen LogP contribution < -0.4 is 15.5 Å². The van der Waals surface area contributed by atoms with Gasteiger partial charge in [0.2, 0.25) is 0 Å². The maximum absolute atomic E-state index is 4.58. The number of anilines is 1. The van der Waals surface area contributed by atoms with E-state index in [1.807, 2.05) is 13.2 Å². The van der Waals surface area contributed by atoms with E-state index in [4.69, 9.17) is 0 Å². The van der Waals surface area contributed by atoms with Crippen molar-refractivity contribution in [1.82, 2.24) is 20.5 Å². The summed E-state index contributed by atoms with van der Waals surface area (Å²) in [5, 5.41) is 6.81. The van der Waals surface area contributed by atoms with Gasteiger partial charge in [-0.2, -0.15) is 0 Å². The third kappa shape index (κ3) is 7.01. The van der Waals surface area contributed by atoms with Crippen LogP contribution >= 0.6 is 0 Å². The average Bonchev–Trinajstić information content (AvgIpc) is 2.70. The summed E-state index contributed by atoms with van der Waals surface area (Å²) in [5.74, 6) is 1.90. The van der Waals surface area contributed by atoms with Gasteiger partial charge in [-0.3, -0.25) is 4.99 Å². The minimum atomic E-state index is 0.731. The smallest absolute Gasteiger partial charge is 0.191 e. The van der Waals surface area contributed by atoms with Crippen molar-refractivity contribution in [2.45, 2.75) is 59.0 Å².